The molecule has 1 aromatic carbocycles. The number of carbonyl (C=O) groups excluding carboxylic acids is 1. The molecule has 3 heterocycles. The number of carbonyl (C=O) groups is 1. The molecule has 1 N–H and O–H groups in total. The summed E-state index contributed by atoms with van der Waals surface area (Å²) < 4.78 is 5.44. The van der Waals surface area contributed by atoms with Gasteiger partial charge in [-0.15, -0.1) is 24.8 Å². The van der Waals surface area contributed by atoms with E-state index >= 15 is 0 Å². The van der Waals surface area contributed by atoms with E-state index in [1.54, 1.807) is 0 Å². The van der Waals surface area contributed by atoms with Crippen molar-refractivity contribution in [2.24, 2.45) is 5.92 Å². The lowest BCUT2D eigenvalue weighted by molar-refractivity contribution is -0.133. The smallest absolute Gasteiger partial charge is 0.241 e. The number of hydrogen-bond donors (Lipinski definition) is 1. The van der Waals surface area contributed by atoms with Crippen LogP contribution >= 0.6 is 24.8 Å². The third kappa shape index (κ3) is 7.17. The van der Waals surface area contributed by atoms with Gasteiger partial charge in [-0.3, -0.25) is 9.69 Å². The Morgan fingerprint density at radius 2 is 1.77 bits per heavy atom. The maximum absolute atomic E-state index is 12.5. The molecule has 1 aromatic heterocycles. The van der Waals surface area contributed by atoms with E-state index in [1.807, 2.05) is 29.2 Å². The summed E-state index contributed by atoms with van der Waals surface area (Å²) in [5.74, 6) is 2.28. The van der Waals surface area contributed by atoms with Gasteiger partial charge in [-0.1, -0.05) is 35.0 Å². The van der Waals surface area contributed by atoms with Crippen LogP contribution in [-0.2, 0) is 11.3 Å². The Morgan fingerprint density at radius 1 is 1.10 bits per heavy atom. The third-order valence-corrected chi connectivity index (χ3v) is 6.09. The Bertz CT molecular complexity index is 800. The molecule has 31 heavy (non-hydrogen) atoms. The number of benzene rings is 1. The van der Waals surface area contributed by atoms with Crippen LogP contribution in [0.25, 0.3) is 11.4 Å². The first-order valence-electron chi connectivity index (χ1n) is 10.8. The van der Waals surface area contributed by atoms with Crippen LogP contribution < -0.4 is 5.32 Å². The van der Waals surface area contributed by atoms with E-state index in [4.69, 9.17) is 4.52 Å². The van der Waals surface area contributed by atoms with Gasteiger partial charge in [0.25, 0.3) is 0 Å². The summed E-state index contributed by atoms with van der Waals surface area (Å²) in [4.78, 5) is 21.4. The van der Waals surface area contributed by atoms with Gasteiger partial charge in [-0.05, 0) is 45.2 Å². The minimum absolute atomic E-state index is 0. The molecule has 2 aliphatic rings. The highest BCUT2D eigenvalue weighted by Gasteiger charge is 2.23. The molecule has 4 rings (SSSR count). The second-order valence-corrected chi connectivity index (χ2v) is 8.27. The molecule has 0 radical (unpaired) electrons. The lowest BCUT2D eigenvalue weighted by Crippen LogP contribution is -2.48. The zero-order chi connectivity index (χ0) is 20.1. The molecule has 0 unspecified atom stereocenters. The molecule has 7 nitrogen and oxygen atoms in total. The number of nitrogens with one attached hydrogen (secondary N) is 1. The lowest BCUT2D eigenvalue weighted by Gasteiger charge is -2.34. The molecule has 2 aromatic rings. The Morgan fingerprint density at radius 3 is 2.45 bits per heavy atom. The van der Waals surface area contributed by atoms with Crippen LogP contribution in [0.4, 0.5) is 0 Å². The molecule has 0 atom stereocenters. The Labute approximate surface area is 196 Å². The fourth-order valence-corrected chi connectivity index (χ4v) is 4.14. The number of piperidine rings is 1. The van der Waals surface area contributed by atoms with Gasteiger partial charge >= 0.3 is 0 Å². The van der Waals surface area contributed by atoms with Crippen molar-refractivity contribution in [3.8, 4) is 11.4 Å². The summed E-state index contributed by atoms with van der Waals surface area (Å²) in [6.07, 6.45) is 4.13. The van der Waals surface area contributed by atoms with Gasteiger partial charge in [0.2, 0.25) is 17.6 Å². The highest BCUT2D eigenvalue weighted by atomic mass is 35.5. The van der Waals surface area contributed by atoms with Gasteiger partial charge in [0.15, 0.2) is 0 Å². The number of hydrogen-bond acceptors (Lipinski definition) is 6. The van der Waals surface area contributed by atoms with E-state index in [0.717, 1.165) is 51.3 Å². The molecule has 1 amide bonds. The summed E-state index contributed by atoms with van der Waals surface area (Å²) in [6, 6.07) is 8.12. The number of aromatic nitrogens is 2. The summed E-state index contributed by atoms with van der Waals surface area (Å²) in [6.45, 7) is 8.15. The number of rotatable bonds is 6. The standard InChI is InChI=1S/C22H31N5O2.2ClH/c1-17-2-5-19(6-3-17)22-24-20(29-25-22)16-26-12-14-27(15-13-26)21(28)7-4-18-8-10-23-11-9-18;;/h2-3,5-6,18,23H,4,7-16H2,1H3;2*1H. The van der Waals surface area contributed by atoms with Crippen LogP contribution in [-0.4, -0.2) is 65.1 Å². The van der Waals surface area contributed by atoms with Crippen molar-refractivity contribution < 1.29 is 9.32 Å². The van der Waals surface area contributed by atoms with E-state index in [-0.39, 0.29) is 24.8 Å². The maximum atomic E-state index is 12.5. The van der Waals surface area contributed by atoms with Crippen molar-refractivity contribution in [2.45, 2.75) is 39.2 Å². The average Bonchev–Trinajstić information content (AvgIpc) is 3.22. The van der Waals surface area contributed by atoms with Crippen molar-refractivity contribution in [3.05, 3.63) is 35.7 Å². The van der Waals surface area contributed by atoms with E-state index in [0.29, 0.717) is 36.5 Å². The number of nitrogens with zero attached hydrogens (tertiary/aromatic N) is 4. The molecule has 0 aliphatic carbocycles. The van der Waals surface area contributed by atoms with Gasteiger partial charge in [0.1, 0.15) is 0 Å². The molecule has 2 fully saturated rings. The van der Waals surface area contributed by atoms with E-state index in [9.17, 15) is 4.79 Å². The predicted octanol–water partition coefficient (Wildman–Crippen LogP) is 3.31. The molecule has 2 saturated heterocycles. The first-order chi connectivity index (χ1) is 14.2. The van der Waals surface area contributed by atoms with E-state index in [1.165, 1.54) is 18.4 Å². The van der Waals surface area contributed by atoms with Crippen LogP contribution in [0, 0.1) is 12.8 Å². The zero-order valence-corrected chi connectivity index (χ0v) is 19.7. The van der Waals surface area contributed by atoms with Gasteiger partial charge in [0, 0.05) is 38.2 Å². The van der Waals surface area contributed by atoms with Gasteiger partial charge in [-0.2, -0.15) is 4.98 Å². The fourth-order valence-electron chi connectivity index (χ4n) is 4.14. The second kappa shape index (κ2) is 12.4. The van der Waals surface area contributed by atoms with E-state index < -0.39 is 0 Å². The van der Waals surface area contributed by atoms with Crippen LogP contribution in [0.5, 0.6) is 0 Å². The monoisotopic (exact) mass is 469 g/mol. The molecule has 0 saturated carbocycles. The van der Waals surface area contributed by atoms with Crippen molar-refractivity contribution in [1.29, 1.82) is 0 Å². The molecular formula is C22H33Cl2N5O2. The Hall–Kier alpha value is -1.67. The largest absolute Gasteiger partial charge is 0.340 e. The topological polar surface area (TPSA) is 74.5 Å². The van der Waals surface area contributed by atoms with Gasteiger partial charge < -0.3 is 14.7 Å². The van der Waals surface area contributed by atoms with Crippen LogP contribution in [0.15, 0.2) is 28.8 Å². The highest BCUT2D eigenvalue weighted by molar-refractivity contribution is 5.85. The second-order valence-electron chi connectivity index (χ2n) is 8.27. The Balaban J connectivity index is 0.00000171. The van der Waals surface area contributed by atoms with Crippen LogP contribution in [0.1, 0.15) is 37.1 Å². The lowest BCUT2D eigenvalue weighted by atomic mass is 9.93. The molecule has 172 valence electrons. The molecule has 2 aliphatic heterocycles. The van der Waals surface area contributed by atoms with Crippen molar-refractivity contribution >= 4 is 30.7 Å². The van der Waals surface area contributed by atoms with Crippen molar-refractivity contribution in [3.63, 3.8) is 0 Å². The molecular weight excluding hydrogens is 437 g/mol. The number of piperazine rings is 1. The van der Waals surface area contributed by atoms with Gasteiger partial charge in [0.05, 0.1) is 6.54 Å². The number of aryl methyl sites for hydroxylation is 1. The number of halogens is 2. The van der Waals surface area contributed by atoms with Crippen molar-refractivity contribution in [2.75, 3.05) is 39.3 Å². The third-order valence-electron chi connectivity index (χ3n) is 6.09. The van der Waals surface area contributed by atoms with Gasteiger partial charge in [-0.25, -0.2) is 0 Å². The Kier molecular flexibility index (Phi) is 10.2. The minimum atomic E-state index is 0. The number of amides is 1. The molecule has 9 heteroatoms. The quantitative estimate of drug-likeness (QED) is 0.699. The summed E-state index contributed by atoms with van der Waals surface area (Å²) in [5, 5.41) is 7.50. The highest BCUT2D eigenvalue weighted by Crippen LogP contribution is 2.20. The predicted molar refractivity (Wildman–Crippen MR) is 126 cm³/mol. The average molecular weight is 470 g/mol. The summed E-state index contributed by atoms with van der Waals surface area (Å²) >= 11 is 0. The zero-order valence-electron chi connectivity index (χ0n) is 18.1. The van der Waals surface area contributed by atoms with Crippen LogP contribution in [0.2, 0.25) is 0 Å². The summed E-state index contributed by atoms with van der Waals surface area (Å²) in [7, 11) is 0. The molecule has 0 spiro atoms. The molecule has 0 bridgehead atoms. The van der Waals surface area contributed by atoms with Crippen LogP contribution in [0.3, 0.4) is 0 Å². The SMILES string of the molecule is Cc1ccc(-c2noc(CN3CCN(C(=O)CCC4CCNCC4)CC3)n2)cc1.Cl.Cl. The van der Waals surface area contributed by atoms with Crippen molar-refractivity contribution in [1.82, 2.24) is 25.3 Å². The first kappa shape index (κ1) is 25.6. The first-order valence-corrected chi connectivity index (χ1v) is 10.8. The summed E-state index contributed by atoms with van der Waals surface area (Å²) in [5.41, 5.74) is 2.18. The van der Waals surface area contributed by atoms with E-state index in [2.05, 4.69) is 27.3 Å². The fraction of sp³-hybridized carbons (Fsp3) is 0.591. The minimum Gasteiger partial charge on any atom is -0.340 e. The maximum Gasteiger partial charge on any atom is 0.241 e. The normalized spacial score (nSPS) is 17.6.